The third kappa shape index (κ3) is 66.1. The summed E-state index contributed by atoms with van der Waals surface area (Å²) in [6.07, 6.45) is 83.0. The summed E-state index contributed by atoms with van der Waals surface area (Å²) in [5.74, 6) is -1.99. The lowest BCUT2D eigenvalue weighted by molar-refractivity contribution is -0.870. The highest BCUT2D eigenvalue weighted by molar-refractivity contribution is 5.71. The topological polar surface area (TPSA) is 108 Å². The molecule has 9 nitrogen and oxygen atoms in total. The molecule has 482 valence electrons. The maximum atomic E-state index is 12.9. The van der Waals surface area contributed by atoms with Gasteiger partial charge >= 0.3 is 17.9 Å². The Bertz CT molecular complexity index is 1590. The zero-order valence-corrected chi connectivity index (χ0v) is 55.1. The normalized spacial score (nSPS) is 13.1. The summed E-state index contributed by atoms with van der Waals surface area (Å²) in [7, 11) is 5.98. The molecule has 0 fully saturated rings. The summed E-state index contributed by atoms with van der Waals surface area (Å²) in [6, 6.07) is 0. The SMILES string of the molecule is CC/C=C\C/C=C\C/C=C\C/C=C\C/C=C\CCCCCCCCCCCCCCCCCC(=O)OC(COC(=O)CCCCCCCCCCCCCCCCC/C=C\CCCCCCCCCC)COC(OCC[N+](C)(C)C)C(=O)O. The first-order valence-corrected chi connectivity index (χ1v) is 35.1. The second-order valence-corrected chi connectivity index (χ2v) is 24.8. The zero-order valence-electron chi connectivity index (χ0n) is 55.1. The molecule has 0 aliphatic heterocycles. The number of ether oxygens (including phenoxy) is 4. The van der Waals surface area contributed by atoms with Crippen LogP contribution >= 0.6 is 0 Å². The number of nitrogens with zero attached hydrogens (tertiary/aromatic N) is 1. The van der Waals surface area contributed by atoms with Gasteiger partial charge in [-0.05, 0) is 83.5 Å². The van der Waals surface area contributed by atoms with Gasteiger partial charge in [0, 0.05) is 12.8 Å². The number of hydrogen-bond donors (Lipinski definition) is 1. The third-order valence-corrected chi connectivity index (χ3v) is 15.4. The van der Waals surface area contributed by atoms with E-state index in [4.69, 9.17) is 18.9 Å². The number of unbranched alkanes of at least 4 members (excludes halogenated alkanes) is 38. The lowest BCUT2D eigenvalue weighted by Crippen LogP contribution is -2.40. The summed E-state index contributed by atoms with van der Waals surface area (Å²) in [4.78, 5) is 37.6. The number of aliphatic carboxylic acids is 1. The standard InChI is InChI=1S/C74H133NO8/c1-6-8-10-12-14-16-18-20-22-24-26-28-30-32-34-35-36-37-39-41-43-45-47-49-51-53-55-57-59-61-63-65-72(77)83-70(69-82-74(73(78)79)80-67-66-75(3,4)5)68-81-71(76)64-62-60-58-56-54-52-50-48-46-44-42-40-38-33-31-29-27-25-23-21-19-17-15-13-11-9-7-2/h8,10,14,16,20,22,25-28,32,34,70,74H,6-7,9,11-13,15,17-19,21,23-24,29-31,33,35-69H2,1-5H3/p+1/b10-8-,16-14-,22-20-,27-25-,28-26-,34-32-. The fraction of sp³-hybridized carbons (Fsp3) is 0.797. The summed E-state index contributed by atoms with van der Waals surface area (Å²) in [5.41, 5.74) is 0. The van der Waals surface area contributed by atoms with E-state index < -0.39 is 24.3 Å². The summed E-state index contributed by atoms with van der Waals surface area (Å²) in [6.45, 7) is 4.81. The van der Waals surface area contributed by atoms with E-state index in [1.54, 1.807) is 0 Å². The van der Waals surface area contributed by atoms with Crippen molar-refractivity contribution in [3.8, 4) is 0 Å². The van der Waals surface area contributed by atoms with Gasteiger partial charge in [0.2, 0.25) is 0 Å². The molecule has 0 aromatic carbocycles. The Labute approximate surface area is 513 Å². The van der Waals surface area contributed by atoms with Crippen molar-refractivity contribution in [1.29, 1.82) is 0 Å². The molecule has 9 heteroatoms. The fourth-order valence-electron chi connectivity index (χ4n) is 10.1. The van der Waals surface area contributed by atoms with Gasteiger partial charge in [-0.25, -0.2) is 4.79 Å². The van der Waals surface area contributed by atoms with Crippen LogP contribution in [0, 0.1) is 0 Å². The van der Waals surface area contributed by atoms with Crippen LogP contribution in [0.25, 0.3) is 0 Å². The molecule has 0 aliphatic rings. The van der Waals surface area contributed by atoms with Gasteiger partial charge in [-0.3, -0.25) is 9.59 Å². The van der Waals surface area contributed by atoms with Crippen LogP contribution in [-0.2, 0) is 33.3 Å². The van der Waals surface area contributed by atoms with E-state index in [1.807, 2.05) is 21.1 Å². The Morgan fingerprint density at radius 3 is 1.04 bits per heavy atom. The number of allylic oxidation sites excluding steroid dienone is 12. The molecule has 0 bridgehead atoms. The van der Waals surface area contributed by atoms with Gasteiger partial charge in [0.15, 0.2) is 6.10 Å². The van der Waals surface area contributed by atoms with Gasteiger partial charge in [0.05, 0.1) is 34.4 Å². The van der Waals surface area contributed by atoms with E-state index in [0.29, 0.717) is 17.4 Å². The van der Waals surface area contributed by atoms with Crippen molar-refractivity contribution < 1.29 is 42.9 Å². The molecule has 0 radical (unpaired) electrons. The van der Waals surface area contributed by atoms with E-state index >= 15 is 0 Å². The number of likely N-dealkylation sites (N-methyl/N-ethyl adjacent to an activating group) is 1. The first-order chi connectivity index (χ1) is 40.6. The van der Waals surface area contributed by atoms with Gasteiger partial charge in [0.25, 0.3) is 6.29 Å². The number of carbonyl (C=O) groups excluding carboxylic acids is 2. The highest BCUT2D eigenvalue weighted by Gasteiger charge is 2.25. The quantitative estimate of drug-likeness (QED) is 0.0211. The Kier molecular flexibility index (Phi) is 62.2. The number of esters is 2. The molecule has 0 aliphatic carbocycles. The molecule has 0 amide bonds. The maximum Gasteiger partial charge on any atom is 0.361 e. The Balaban J connectivity index is 4.10. The Hall–Kier alpha value is -3.27. The van der Waals surface area contributed by atoms with Crippen molar-refractivity contribution in [2.24, 2.45) is 0 Å². The van der Waals surface area contributed by atoms with Crippen molar-refractivity contribution in [2.45, 2.75) is 334 Å². The monoisotopic (exact) mass is 1170 g/mol. The molecule has 2 unspecified atom stereocenters. The summed E-state index contributed by atoms with van der Waals surface area (Å²) in [5, 5.41) is 9.75. The average molecular weight is 1170 g/mol. The highest BCUT2D eigenvalue weighted by Crippen LogP contribution is 2.18. The Morgan fingerprint density at radius 1 is 0.373 bits per heavy atom. The minimum Gasteiger partial charge on any atom is -0.477 e. The van der Waals surface area contributed by atoms with Crippen molar-refractivity contribution in [2.75, 3.05) is 47.5 Å². The molecule has 83 heavy (non-hydrogen) atoms. The van der Waals surface area contributed by atoms with Crippen LogP contribution < -0.4 is 0 Å². The second kappa shape index (κ2) is 64.7. The zero-order chi connectivity index (χ0) is 60.5. The van der Waals surface area contributed by atoms with Gasteiger partial charge in [0.1, 0.15) is 13.2 Å². The van der Waals surface area contributed by atoms with Gasteiger partial charge < -0.3 is 28.5 Å². The largest absolute Gasteiger partial charge is 0.477 e. The molecule has 0 spiro atoms. The third-order valence-electron chi connectivity index (χ3n) is 15.4. The molecule has 0 heterocycles. The smallest absolute Gasteiger partial charge is 0.361 e. The molecule has 0 rings (SSSR count). The van der Waals surface area contributed by atoms with Crippen LogP contribution in [0.3, 0.4) is 0 Å². The minimum atomic E-state index is -1.51. The molecular formula is C74H134NO8+. The minimum absolute atomic E-state index is 0.180. The average Bonchev–Trinajstić information content (AvgIpc) is 3.46. The summed E-state index contributed by atoms with van der Waals surface area (Å²) < 4.78 is 23.0. The first-order valence-electron chi connectivity index (χ1n) is 35.1. The van der Waals surface area contributed by atoms with E-state index in [2.05, 4.69) is 86.8 Å². The van der Waals surface area contributed by atoms with Crippen molar-refractivity contribution in [1.82, 2.24) is 0 Å². The van der Waals surface area contributed by atoms with E-state index in [9.17, 15) is 19.5 Å². The lowest BCUT2D eigenvalue weighted by Gasteiger charge is -2.25. The van der Waals surface area contributed by atoms with Crippen LogP contribution in [0.5, 0.6) is 0 Å². The molecule has 2 atom stereocenters. The van der Waals surface area contributed by atoms with Crippen LogP contribution in [0.15, 0.2) is 72.9 Å². The van der Waals surface area contributed by atoms with Crippen LogP contribution in [0.4, 0.5) is 0 Å². The van der Waals surface area contributed by atoms with Gasteiger partial charge in [-0.2, -0.15) is 0 Å². The molecular weight excluding hydrogens is 1030 g/mol. The van der Waals surface area contributed by atoms with Crippen molar-refractivity contribution in [3.63, 3.8) is 0 Å². The van der Waals surface area contributed by atoms with Crippen LogP contribution in [0.2, 0.25) is 0 Å². The number of quaternary nitrogens is 1. The predicted molar refractivity (Wildman–Crippen MR) is 355 cm³/mol. The van der Waals surface area contributed by atoms with Crippen LogP contribution in [0.1, 0.15) is 322 Å². The van der Waals surface area contributed by atoms with Gasteiger partial charge in [-0.1, -0.05) is 299 Å². The molecule has 0 aromatic rings. The molecule has 0 aromatic heterocycles. The van der Waals surface area contributed by atoms with E-state index in [1.165, 1.54) is 225 Å². The number of carboxylic acid groups (broad SMARTS) is 1. The fourth-order valence-corrected chi connectivity index (χ4v) is 10.1. The lowest BCUT2D eigenvalue weighted by atomic mass is 10.0. The number of hydrogen-bond acceptors (Lipinski definition) is 7. The molecule has 0 saturated carbocycles. The number of rotatable bonds is 65. The van der Waals surface area contributed by atoms with Crippen molar-refractivity contribution >= 4 is 17.9 Å². The summed E-state index contributed by atoms with van der Waals surface area (Å²) >= 11 is 0. The first kappa shape index (κ1) is 79.7. The maximum absolute atomic E-state index is 12.9. The molecule has 1 N–H and O–H groups in total. The predicted octanol–water partition coefficient (Wildman–Crippen LogP) is 21.7. The number of carboxylic acids is 1. The van der Waals surface area contributed by atoms with E-state index in [-0.39, 0.29) is 32.2 Å². The van der Waals surface area contributed by atoms with Crippen molar-refractivity contribution in [3.05, 3.63) is 72.9 Å². The van der Waals surface area contributed by atoms with Crippen LogP contribution in [-0.4, -0.2) is 87.4 Å². The highest BCUT2D eigenvalue weighted by atomic mass is 16.7. The molecule has 0 saturated heterocycles. The van der Waals surface area contributed by atoms with E-state index in [0.717, 1.165) is 70.6 Å². The Morgan fingerprint density at radius 2 is 0.687 bits per heavy atom. The van der Waals surface area contributed by atoms with Gasteiger partial charge in [-0.15, -0.1) is 0 Å². The number of carbonyl (C=O) groups is 3. The second-order valence-electron chi connectivity index (χ2n) is 24.8.